The van der Waals surface area contributed by atoms with Crippen LogP contribution < -0.4 is 9.63 Å². The number of hydrogen-bond donors (Lipinski definition) is 1. The molecule has 0 spiro atoms. The number of pyridine rings is 2. The van der Waals surface area contributed by atoms with Crippen molar-refractivity contribution in [1.82, 2.24) is 9.55 Å². The minimum Gasteiger partial charge on any atom is -0.443 e. The summed E-state index contributed by atoms with van der Waals surface area (Å²) in [4.78, 5) is 18.5. The van der Waals surface area contributed by atoms with Crippen LogP contribution in [0.5, 0.6) is 0 Å². The predicted molar refractivity (Wildman–Crippen MR) is 125 cm³/mol. The Hall–Kier alpha value is -3.09. The number of amides is 1. The number of halogens is 5. The van der Waals surface area contributed by atoms with E-state index >= 15 is 0 Å². The largest absolute Gasteiger partial charge is 0.455 e. The summed E-state index contributed by atoms with van der Waals surface area (Å²) in [6, 6.07) is 4.55. The van der Waals surface area contributed by atoms with Gasteiger partial charge in [0.2, 0.25) is 6.20 Å². The van der Waals surface area contributed by atoms with E-state index in [0.29, 0.717) is 21.7 Å². The van der Waals surface area contributed by atoms with Crippen LogP contribution in [0.4, 0.5) is 32.4 Å². The molecule has 3 rings (SSSR count). The highest BCUT2D eigenvalue weighted by Gasteiger charge is 2.57. The summed E-state index contributed by atoms with van der Waals surface area (Å²) in [7, 11) is 1.49. The smallest absolute Gasteiger partial charge is 0.443 e. The quantitative estimate of drug-likeness (QED) is 0.185. The number of anilines is 1. The highest BCUT2D eigenvalue weighted by Crippen LogP contribution is 2.38. The summed E-state index contributed by atoms with van der Waals surface area (Å²) in [5.74, 6) is -4.30. The molecular formula is C23H26F5N4O3S+. The maximum absolute atomic E-state index is 13.6. The molecule has 196 valence electrons. The molecule has 3 aromatic heterocycles. The Morgan fingerprint density at radius 3 is 2.47 bits per heavy atom. The molecule has 0 saturated heterocycles. The normalized spacial score (nSPS) is 12.7. The Morgan fingerprint density at radius 1 is 1.22 bits per heavy atom. The van der Waals surface area contributed by atoms with E-state index in [2.05, 4.69) is 4.98 Å². The standard InChI is InChI=1S/C23H26F5N4O3S/c1-6-36-18-10-15(30(5)20(33)35-21(2,3)4)12-32(34)19(18)16-9-14-7-8-31(17(14)11-29-16)13-22(24,25)23(26,27)28/h7-12,34H,6,13H2,1-5H3/q+1. The molecule has 0 bridgehead atoms. The van der Waals surface area contributed by atoms with Gasteiger partial charge in [0.25, 0.3) is 5.69 Å². The maximum atomic E-state index is 13.6. The fourth-order valence-corrected chi connectivity index (χ4v) is 4.18. The van der Waals surface area contributed by atoms with E-state index in [1.54, 1.807) is 26.8 Å². The van der Waals surface area contributed by atoms with E-state index in [1.165, 1.54) is 48.2 Å². The van der Waals surface area contributed by atoms with Crippen molar-refractivity contribution in [3.8, 4) is 11.4 Å². The Bertz CT molecular complexity index is 1270. The number of carbonyl (C=O) groups excluding carboxylic acids is 1. The fourth-order valence-electron chi connectivity index (χ4n) is 3.33. The molecular weight excluding hydrogens is 507 g/mol. The molecule has 0 aliphatic rings. The number of ether oxygens (including phenoxy) is 1. The van der Waals surface area contributed by atoms with Crippen LogP contribution in [0.15, 0.2) is 41.7 Å². The summed E-state index contributed by atoms with van der Waals surface area (Å²) < 4.78 is 72.0. The van der Waals surface area contributed by atoms with Crippen molar-refractivity contribution in [3.05, 3.63) is 36.8 Å². The SMILES string of the molecule is CCSc1cc(N(C)C(=O)OC(C)(C)C)c[n+](O)c1-c1cc2ccn(CC(F)(F)C(F)(F)F)c2cn1. The first-order valence-electron chi connectivity index (χ1n) is 10.8. The lowest BCUT2D eigenvalue weighted by molar-refractivity contribution is -0.896. The van der Waals surface area contributed by atoms with Gasteiger partial charge in [0, 0.05) is 23.4 Å². The van der Waals surface area contributed by atoms with Gasteiger partial charge < -0.3 is 9.30 Å². The van der Waals surface area contributed by atoms with Gasteiger partial charge in [-0.1, -0.05) is 6.92 Å². The number of fused-ring (bicyclic) bond motifs is 1. The van der Waals surface area contributed by atoms with Crippen LogP contribution in [0, 0.1) is 0 Å². The van der Waals surface area contributed by atoms with E-state index in [9.17, 15) is 32.0 Å². The molecule has 3 aromatic rings. The van der Waals surface area contributed by atoms with E-state index in [1.807, 2.05) is 6.92 Å². The van der Waals surface area contributed by atoms with Crippen LogP contribution in [-0.4, -0.2) is 51.4 Å². The molecule has 0 fully saturated rings. The molecule has 0 atom stereocenters. The Balaban J connectivity index is 2.01. The van der Waals surface area contributed by atoms with Gasteiger partial charge in [0.1, 0.15) is 17.0 Å². The molecule has 0 unspecified atom stereocenters. The summed E-state index contributed by atoms with van der Waals surface area (Å²) in [5, 5.41) is 11.2. The average molecular weight is 534 g/mol. The molecule has 0 aliphatic heterocycles. The molecule has 7 nitrogen and oxygen atoms in total. The van der Waals surface area contributed by atoms with Gasteiger partial charge in [-0.2, -0.15) is 22.0 Å². The molecule has 0 saturated carbocycles. The van der Waals surface area contributed by atoms with Crippen molar-refractivity contribution < 1.29 is 41.4 Å². The zero-order chi connectivity index (χ0) is 27.1. The van der Waals surface area contributed by atoms with Crippen molar-refractivity contribution in [2.75, 3.05) is 17.7 Å². The summed E-state index contributed by atoms with van der Waals surface area (Å²) in [5.41, 5.74) is 0.221. The first-order chi connectivity index (χ1) is 16.5. The van der Waals surface area contributed by atoms with E-state index < -0.39 is 30.3 Å². The molecule has 13 heteroatoms. The fraction of sp³-hybridized carbons (Fsp3) is 0.435. The van der Waals surface area contributed by atoms with Gasteiger partial charge in [-0.15, -0.1) is 11.8 Å². The van der Waals surface area contributed by atoms with Gasteiger partial charge in [0.15, 0.2) is 0 Å². The minimum absolute atomic E-state index is 0.0816. The number of carbonyl (C=O) groups is 1. The average Bonchev–Trinajstić information content (AvgIpc) is 3.12. The first kappa shape index (κ1) is 27.5. The van der Waals surface area contributed by atoms with Crippen LogP contribution in [0.1, 0.15) is 27.7 Å². The number of nitrogens with zero attached hydrogens (tertiary/aromatic N) is 4. The van der Waals surface area contributed by atoms with E-state index in [4.69, 9.17) is 4.74 Å². The Labute approximate surface area is 208 Å². The number of hydrogen-bond acceptors (Lipinski definition) is 5. The number of alkyl halides is 5. The lowest BCUT2D eigenvalue weighted by Crippen LogP contribution is -2.40. The van der Waals surface area contributed by atoms with Crippen LogP contribution in [0.25, 0.3) is 22.3 Å². The topological polar surface area (TPSA) is 71.5 Å². The van der Waals surface area contributed by atoms with Crippen molar-refractivity contribution >= 4 is 34.4 Å². The van der Waals surface area contributed by atoms with Crippen LogP contribution in [0.3, 0.4) is 0 Å². The van der Waals surface area contributed by atoms with Crippen molar-refractivity contribution in [1.29, 1.82) is 0 Å². The monoisotopic (exact) mass is 533 g/mol. The Kier molecular flexibility index (Phi) is 7.45. The molecule has 0 aromatic carbocycles. The number of rotatable bonds is 6. The zero-order valence-corrected chi connectivity index (χ0v) is 21.0. The second kappa shape index (κ2) is 9.75. The van der Waals surface area contributed by atoms with Gasteiger partial charge in [0.05, 0.1) is 23.2 Å². The van der Waals surface area contributed by atoms with Crippen molar-refractivity contribution in [2.24, 2.45) is 0 Å². The lowest BCUT2D eigenvalue weighted by atomic mass is 10.2. The Morgan fingerprint density at radius 2 is 1.89 bits per heavy atom. The number of aromatic nitrogens is 3. The molecule has 3 heterocycles. The molecule has 1 N–H and O–H groups in total. The second-order valence-electron chi connectivity index (χ2n) is 9.00. The highest BCUT2D eigenvalue weighted by molar-refractivity contribution is 7.99. The van der Waals surface area contributed by atoms with Gasteiger partial charge in [-0.25, -0.2) is 9.78 Å². The summed E-state index contributed by atoms with van der Waals surface area (Å²) in [6.07, 6.45) is -2.71. The zero-order valence-electron chi connectivity index (χ0n) is 20.2. The van der Waals surface area contributed by atoms with Gasteiger partial charge in [-0.05, 0) is 44.7 Å². The minimum atomic E-state index is -5.68. The molecule has 36 heavy (non-hydrogen) atoms. The van der Waals surface area contributed by atoms with Gasteiger partial charge >= 0.3 is 18.2 Å². The van der Waals surface area contributed by atoms with Gasteiger partial charge in [-0.3, -0.25) is 10.1 Å². The highest BCUT2D eigenvalue weighted by atomic mass is 32.2. The molecule has 1 amide bonds. The third-order valence-corrected chi connectivity index (χ3v) is 5.95. The predicted octanol–water partition coefficient (Wildman–Crippen LogP) is 5.91. The molecule has 0 radical (unpaired) electrons. The van der Waals surface area contributed by atoms with Crippen LogP contribution >= 0.6 is 11.8 Å². The van der Waals surface area contributed by atoms with Crippen molar-refractivity contribution in [2.45, 2.75) is 56.8 Å². The first-order valence-corrected chi connectivity index (χ1v) is 11.8. The summed E-state index contributed by atoms with van der Waals surface area (Å²) >= 11 is 1.36. The third kappa shape index (κ3) is 5.82. The number of thioether (sulfide) groups is 1. The second-order valence-corrected chi connectivity index (χ2v) is 10.3. The van der Waals surface area contributed by atoms with Crippen LogP contribution in [-0.2, 0) is 11.3 Å². The third-order valence-electron chi connectivity index (χ3n) is 5.03. The molecule has 0 aliphatic carbocycles. The van der Waals surface area contributed by atoms with Crippen molar-refractivity contribution in [3.63, 3.8) is 0 Å². The summed E-state index contributed by atoms with van der Waals surface area (Å²) in [6.45, 7) is 5.49. The van der Waals surface area contributed by atoms with Crippen LogP contribution in [0.2, 0.25) is 0 Å². The van der Waals surface area contributed by atoms with E-state index in [0.717, 1.165) is 15.5 Å². The van der Waals surface area contributed by atoms with E-state index in [-0.39, 0.29) is 16.9 Å². The maximum Gasteiger partial charge on any atom is 0.455 e. The lowest BCUT2D eigenvalue weighted by Gasteiger charge is -2.24.